The molecule has 1 aliphatic heterocycles. The second kappa shape index (κ2) is 6.43. The molecule has 0 aromatic heterocycles. The Morgan fingerprint density at radius 1 is 1.12 bits per heavy atom. The number of halogens is 1. The topological polar surface area (TPSA) is 57.6 Å². The Kier molecular flexibility index (Phi) is 4.34. The van der Waals surface area contributed by atoms with Crippen LogP contribution >= 0.6 is 0 Å². The third-order valence-corrected chi connectivity index (χ3v) is 4.53. The summed E-state index contributed by atoms with van der Waals surface area (Å²) in [6.45, 7) is 2.52. The van der Waals surface area contributed by atoms with Crippen LogP contribution in [0.2, 0.25) is 0 Å². The Labute approximate surface area is 139 Å². The lowest BCUT2D eigenvalue weighted by atomic mass is 9.97. The number of carboxylic acids is 1. The maximum Gasteiger partial charge on any atom is 0.335 e. The fourth-order valence-corrected chi connectivity index (χ4v) is 3.24. The molecule has 1 N–H and O–H groups in total. The molecule has 2 aromatic carbocycles. The fraction of sp³-hybridized carbons (Fsp3) is 0.263. The van der Waals surface area contributed by atoms with E-state index in [2.05, 4.69) is 0 Å². The highest BCUT2D eigenvalue weighted by Gasteiger charge is 2.33. The van der Waals surface area contributed by atoms with E-state index in [1.54, 1.807) is 29.2 Å². The highest BCUT2D eigenvalue weighted by atomic mass is 19.1. The van der Waals surface area contributed by atoms with Gasteiger partial charge in [0.2, 0.25) is 0 Å². The van der Waals surface area contributed by atoms with Crippen molar-refractivity contribution in [3.8, 4) is 0 Å². The first-order valence-corrected chi connectivity index (χ1v) is 7.85. The number of carboxylic acid groups (broad SMARTS) is 1. The van der Waals surface area contributed by atoms with E-state index in [0.29, 0.717) is 12.1 Å². The van der Waals surface area contributed by atoms with Gasteiger partial charge >= 0.3 is 5.97 Å². The minimum Gasteiger partial charge on any atom is -0.478 e. The quantitative estimate of drug-likeness (QED) is 0.938. The third kappa shape index (κ3) is 3.15. The molecule has 1 aliphatic rings. The smallest absolute Gasteiger partial charge is 0.335 e. The number of carbonyl (C=O) groups is 2. The Morgan fingerprint density at radius 3 is 2.46 bits per heavy atom. The summed E-state index contributed by atoms with van der Waals surface area (Å²) < 4.78 is 13.1. The molecule has 0 aliphatic carbocycles. The number of hydrogen-bond donors (Lipinski definition) is 1. The third-order valence-electron chi connectivity index (χ3n) is 4.53. The number of amides is 1. The monoisotopic (exact) mass is 327 g/mol. The van der Waals surface area contributed by atoms with Crippen molar-refractivity contribution in [2.24, 2.45) is 0 Å². The van der Waals surface area contributed by atoms with Crippen LogP contribution in [0.25, 0.3) is 0 Å². The van der Waals surface area contributed by atoms with Gasteiger partial charge in [0, 0.05) is 24.1 Å². The molecule has 124 valence electrons. The molecule has 2 aromatic rings. The number of benzene rings is 2. The molecule has 24 heavy (non-hydrogen) atoms. The van der Waals surface area contributed by atoms with Crippen LogP contribution in [0.1, 0.15) is 45.5 Å². The van der Waals surface area contributed by atoms with Crippen LogP contribution in [0.3, 0.4) is 0 Å². The van der Waals surface area contributed by atoms with Gasteiger partial charge in [-0.2, -0.15) is 0 Å². The fourth-order valence-electron chi connectivity index (χ4n) is 3.24. The number of likely N-dealkylation sites (tertiary alicyclic amines) is 1. The standard InChI is InChI=1S/C19H18FNO3/c1-12-9-16(13-5-7-17(20)8-6-13)11-21(12)18(22)14-3-2-4-15(10-14)19(23)24/h2-8,10,12,16H,9,11H2,1H3,(H,23,24). The number of carbonyl (C=O) groups excluding carboxylic acids is 1. The molecule has 1 amide bonds. The van der Waals surface area contributed by atoms with Crippen molar-refractivity contribution >= 4 is 11.9 Å². The first-order valence-electron chi connectivity index (χ1n) is 7.85. The van der Waals surface area contributed by atoms with Crippen LogP contribution in [0.15, 0.2) is 48.5 Å². The van der Waals surface area contributed by atoms with Gasteiger partial charge in [-0.1, -0.05) is 18.2 Å². The van der Waals surface area contributed by atoms with E-state index < -0.39 is 5.97 Å². The lowest BCUT2D eigenvalue weighted by Gasteiger charge is -2.21. The van der Waals surface area contributed by atoms with E-state index >= 15 is 0 Å². The van der Waals surface area contributed by atoms with Crippen molar-refractivity contribution in [3.63, 3.8) is 0 Å². The maximum atomic E-state index is 13.1. The largest absolute Gasteiger partial charge is 0.478 e. The molecule has 5 heteroatoms. The van der Waals surface area contributed by atoms with Crippen molar-refractivity contribution in [1.82, 2.24) is 4.90 Å². The summed E-state index contributed by atoms with van der Waals surface area (Å²) in [4.78, 5) is 25.6. The van der Waals surface area contributed by atoms with Gasteiger partial charge in [0.25, 0.3) is 5.91 Å². The molecule has 0 bridgehead atoms. The Balaban J connectivity index is 1.79. The first-order chi connectivity index (χ1) is 11.5. The molecular formula is C19H18FNO3. The van der Waals surface area contributed by atoms with Crippen molar-refractivity contribution in [3.05, 3.63) is 71.0 Å². The summed E-state index contributed by atoms with van der Waals surface area (Å²) in [6.07, 6.45) is 0.802. The molecule has 0 saturated carbocycles. The van der Waals surface area contributed by atoms with E-state index in [4.69, 9.17) is 5.11 Å². The second-order valence-electron chi connectivity index (χ2n) is 6.18. The highest BCUT2D eigenvalue weighted by molar-refractivity contribution is 5.97. The minimum atomic E-state index is -1.05. The summed E-state index contributed by atoms with van der Waals surface area (Å²) in [5.41, 5.74) is 1.49. The zero-order chi connectivity index (χ0) is 17.3. The number of aromatic carboxylic acids is 1. The zero-order valence-corrected chi connectivity index (χ0v) is 13.3. The molecular weight excluding hydrogens is 309 g/mol. The van der Waals surface area contributed by atoms with Crippen molar-refractivity contribution in [2.45, 2.75) is 25.3 Å². The van der Waals surface area contributed by atoms with Crippen molar-refractivity contribution in [2.75, 3.05) is 6.54 Å². The van der Waals surface area contributed by atoms with Crippen LogP contribution in [0.5, 0.6) is 0 Å². The van der Waals surface area contributed by atoms with E-state index in [9.17, 15) is 14.0 Å². The number of nitrogens with zero attached hydrogens (tertiary/aromatic N) is 1. The van der Waals surface area contributed by atoms with E-state index in [0.717, 1.165) is 12.0 Å². The maximum absolute atomic E-state index is 13.1. The van der Waals surface area contributed by atoms with Gasteiger partial charge in [0.05, 0.1) is 5.56 Å². The van der Waals surface area contributed by atoms with Crippen LogP contribution < -0.4 is 0 Å². The van der Waals surface area contributed by atoms with Crippen LogP contribution in [0.4, 0.5) is 4.39 Å². The van der Waals surface area contributed by atoms with Crippen molar-refractivity contribution in [1.29, 1.82) is 0 Å². The highest BCUT2D eigenvalue weighted by Crippen LogP contribution is 2.32. The normalized spacial score (nSPS) is 20.2. The molecule has 1 heterocycles. The minimum absolute atomic E-state index is 0.0426. The molecule has 2 atom stereocenters. The van der Waals surface area contributed by atoms with Gasteiger partial charge in [-0.25, -0.2) is 9.18 Å². The number of rotatable bonds is 3. The zero-order valence-electron chi connectivity index (χ0n) is 13.3. The summed E-state index contributed by atoms with van der Waals surface area (Å²) in [7, 11) is 0. The van der Waals surface area contributed by atoms with Crippen molar-refractivity contribution < 1.29 is 19.1 Å². The summed E-state index contributed by atoms with van der Waals surface area (Å²) in [6, 6.07) is 12.5. The summed E-state index contributed by atoms with van der Waals surface area (Å²) >= 11 is 0. The SMILES string of the molecule is CC1CC(c2ccc(F)cc2)CN1C(=O)c1cccc(C(=O)O)c1. The second-order valence-corrected chi connectivity index (χ2v) is 6.18. The van der Waals surface area contributed by atoms with Crippen LogP contribution in [-0.2, 0) is 0 Å². The molecule has 3 rings (SSSR count). The van der Waals surface area contributed by atoms with Gasteiger partial charge in [0.1, 0.15) is 5.82 Å². The van der Waals surface area contributed by atoms with Gasteiger partial charge in [0.15, 0.2) is 0 Å². The van der Waals surface area contributed by atoms with Gasteiger partial charge in [-0.15, -0.1) is 0 Å². The number of hydrogen-bond acceptors (Lipinski definition) is 2. The lowest BCUT2D eigenvalue weighted by Crippen LogP contribution is -2.34. The molecule has 2 unspecified atom stereocenters. The Bertz CT molecular complexity index is 772. The molecule has 0 spiro atoms. The van der Waals surface area contributed by atoms with E-state index in [-0.39, 0.29) is 29.2 Å². The van der Waals surface area contributed by atoms with Crippen LogP contribution in [-0.4, -0.2) is 34.5 Å². The molecule has 0 radical (unpaired) electrons. The first kappa shape index (κ1) is 16.2. The van der Waals surface area contributed by atoms with E-state index in [1.165, 1.54) is 24.3 Å². The Hall–Kier alpha value is -2.69. The van der Waals surface area contributed by atoms with E-state index in [1.807, 2.05) is 6.92 Å². The average Bonchev–Trinajstić information content (AvgIpc) is 2.96. The molecule has 1 saturated heterocycles. The van der Waals surface area contributed by atoms with Gasteiger partial charge in [-0.05, 0) is 49.2 Å². The van der Waals surface area contributed by atoms with Gasteiger partial charge in [-0.3, -0.25) is 4.79 Å². The van der Waals surface area contributed by atoms with Gasteiger partial charge < -0.3 is 10.0 Å². The molecule has 1 fully saturated rings. The summed E-state index contributed by atoms with van der Waals surface area (Å²) in [5, 5.41) is 9.07. The molecule has 4 nitrogen and oxygen atoms in total. The average molecular weight is 327 g/mol. The summed E-state index contributed by atoms with van der Waals surface area (Å²) in [5.74, 6) is -1.34. The van der Waals surface area contributed by atoms with Crippen LogP contribution in [0, 0.1) is 5.82 Å². The Morgan fingerprint density at radius 2 is 1.79 bits per heavy atom. The predicted molar refractivity (Wildman–Crippen MR) is 87.7 cm³/mol. The predicted octanol–water partition coefficient (Wildman–Crippen LogP) is 3.54. The lowest BCUT2D eigenvalue weighted by molar-refractivity contribution is 0.0697.